The van der Waals surface area contributed by atoms with E-state index in [1.54, 1.807) is 11.0 Å². The van der Waals surface area contributed by atoms with Crippen molar-refractivity contribution in [3.05, 3.63) is 58.1 Å². The number of anilines is 2. The Balaban J connectivity index is 1.36. The molecule has 2 amide bonds. The highest BCUT2D eigenvalue weighted by molar-refractivity contribution is 6.31. The van der Waals surface area contributed by atoms with E-state index < -0.39 is 35.7 Å². The molecule has 0 unspecified atom stereocenters. The van der Waals surface area contributed by atoms with Gasteiger partial charge in [-0.1, -0.05) is 17.7 Å². The van der Waals surface area contributed by atoms with Gasteiger partial charge in [-0.05, 0) is 31.3 Å². The first-order chi connectivity index (χ1) is 19.9. The van der Waals surface area contributed by atoms with Crippen LogP contribution in [-0.4, -0.2) is 105 Å². The molecule has 42 heavy (non-hydrogen) atoms. The van der Waals surface area contributed by atoms with Crippen LogP contribution in [0.3, 0.4) is 0 Å². The van der Waals surface area contributed by atoms with Gasteiger partial charge in [0.1, 0.15) is 0 Å². The number of hydrogen-bond donors (Lipinski definition) is 2. The van der Waals surface area contributed by atoms with Gasteiger partial charge in [0, 0.05) is 76.0 Å². The number of likely N-dealkylation sites (N-methyl/N-ethyl adjacent to an activating group) is 1. The molecule has 8 nitrogen and oxygen atoms in total. The highest BCUT2D eigenvalue weighted by atomic mass is 35.5. The standard InChI is InChI=1S/C28H34ClF5N6O2/c1-37-8-10-39(11-9-37)18-24(41)35-17-19-2-4-21(26(31)25(19)30)27(42)36-22-5-3-20(29)16-23(22)40-14-12-38(13-15-40)7-6-28(32,33)34/h2-5,16H,6-15,17-18H2,1H3,(H,35,41)(H,36,42). The minimum Gasteiger partial charge on any atom is -0.367 e. The average molecular weight is 617 g/mol. The summed E-state index contributed by atoms with van der Waals surface area (Å²) in [6, 6.07) is 7.08. The lowest BCUT2D eigenvalue weighted by Gasteiger charge is -2.37. The maximum absolute atomic E-state index is 15.0. The zero-order chi connectivity index (χ0) is 30.4. The first kappa shape index (κ1) is 31.9. The van der Waals surface area contributed by atoms with Crippen LogP contribution in [0.2, 0.25) is 5.02 Å². The van der Waals surface area contributed by atoms with Crippen LogP contribution in [0.5, 0.6) is 0 Å². The van der Waals surface area contributed by atoms with Crippen LogP contribution < -0.4 is 15.5 Å². The Bertz CT molecular complexity index is 1260. The molecular formula is C28H34ClF5N6O2. The summed E-state index contributed by atoms with van der Waals surface area (Å²) in [5.74, 6) is -3.76. The van der Waals surface area contributed by atoms with Crippen LogP contribution in [-0.2, 0) is 11.3 Å². The number of hydrogen-bond acceptors (Lipinski definition) is 6. The number of nitrogens with one attached hydrogen (secondary N) is 2. The number of halogens is 6. The monoisotopic (exact) mass is 616 g/mol. The Labute approximate surface area is 246 Å². The fraction of sp³-hybridized carbons (Fsp3) is 0.500. The zero-order valence-corrected chi connectivity index (χ0v) is 24.0. The van der Waals surface area contributed by atoms with Gasteiger partial charge in [-0.3, -0.25) is 19.4 Å². The second-order valence-electron chi connectivity index (χ2n) is 10.6. The largest absolute Gasteiger partial charge is 0.390 e. The molecule has 0 aromatic heterocycles. The van der Waals surface area contributed by atoms with Crippen LogP contribution in [0.25, 0.3) is 0 Å². The number of piperazine rings is 2. The Morgan fingerprint density at radius 2 is 1.57 bits per heavy atom. The summed E-state index contributed by atoms with van der Waals surface area (Å²) in [6.07, 6.45) is -5.12. The fourth-order valence-electron chi connectivity index (χ4n) is 4.92. The third kappa shape index (κ3) is 8.76. The smallest absolute Gasteiger partial charge is 0.367 e. The van der Waals surface area contributed by atoms with Crippen LogP contribution in [0.4, 0.5) is 33.3 Å². The Morgan fingerprint density at radius 3 is 2.24 bits per heavy atom. The summed E-state index contributed by atoms with van der Waals surface area (Å²) in [5.41, 5.74) is 0.212. The molecule has 2 heterocycles. The van der Waals surface area contributed by atoms with Crippen molar-refractivity contribution in [2.24, 2.45) is 0 Å². The van der Waals surface area contributed by atoms with E-state index in [1.165, 1.54) is 18.2 Å². The van der Waals surface area contributed by atoms with Gasteiger partial charge < -0.3 is 20.4 Å². The summed E-state index contributed by atoms with van der Waals surface area (Å²) >= 11 is 6.18. The topological polar surface area (TPSA) is 71.2 Å². The predicted molar refractivity (Wildman–Crippen MR) is 151 cm³/mol. The van der Waals surface area contributed by atoms with Crippen molar-refractivity contribution in [2.75, 3.05) is 82.7 Å². The minimum atomic E-state index is -4.23. The van der Waals surface area contributed by atoms with E-state index in [4.69, 9.17) is 11.6 Å². The fourth-order valence-corrected chi connectivity index (χ4v) is 5.09. The highest BCUT2D eigenvalue weighted by Crippen LogP contribution is 2.31. The van der Waals surface area contributed by atoms with Gasteiger partial charge in [0.15, 0.2) is 11.6 Å². The third-order valence-electron chi connectivity index (χ3n) is 7.48. The van der Waals surface area contributed by atoms with Crippen molar-refractivity contribution in [3.63, 3.8) is 0 Å². The summed E-state index contributed by atoms with van der Waals surface area (Å²) < 4.78 is 67.6. The summed E-state index contributed by atoms with van der Waals surface area (Å²) in [6.45, 7) is 4.53. The first-order valence-corrected chi connectivity index (χ1v) is 14.1. The van der Waals surface area contributed by atoms with E-state index >= 15 is 0 Å². The van der Waals surface area contributed by atoms with Crippen LogP contribution in [0.15, 0.2) is 30.3 Å². The molecule has 2 aliphatic rings. The van der Waals surface area contributed by atoms with E-state index in [1.807, 2.05) is 16.8 Å². The van der Waals surface area contributed by atoms with E-state index in [0.29, 0.717) is 42.6 Å². The molecule has 2 N–H and O–H groups in total. The maximum atomic E-state index is 15.0. The molecule has 0 aliphatic carbocycles. The van der Waals surface area contributed by atoms with Gasteiger partial charge in [0.05, 0.1) is 29.9 Å². The molecule has 230 valence electrons. The molecule has 2 aromatic rings. The number of alkyl halides is 3. The molecule has 0 bridgehead atoms. The van der Waals surface area contributed by atoms with Gasteiger partial charge in [0.25, 0.3) is 5.91 Å². The maximum Gasteiger partial charge on any atom is 0.390 e. The molecule has 14 heteroatoms. The van der Waals surface area contributed by atoms with E-state index in [0.717, 1.165) is 32.2 Å². The normalized spacial score (nSPS) is 17.4. The number of benzene rings is 2. The number of nitrogens with zero attached hydrogens (tertiary/aromatic N) is 4. The predicted octanol–water partition coefficient (Wildman–Crippen LogP) is 3.81. The van der Waals surface area contributed by atoms with Gasteiger partial charge >= 0.3 is 6.18 Å². The number of carbonyl (C=O) groups excluding carboxylic acids is 2. The molecule has 0 atom stereocenters. The van der Waals surface area contributed by atoms with E-state index in [2.05, 4.69) is 15.5 Å². The zero-order valence-electron chi connectivity index (χ0n) is 23.2. The molecule has 2 aliphatic heterocycles. The second-order valence-corrected chi connectivity index (χ2v) is 11.0. The second kappa shape index (κ2) is 14.0. The molecule has 2 fully saturated rings. The summed E-state index contributed by atoms with van der Waals surface area (Å²) in [5, 5.41) is 5.58. The van der Waals surface area contributed by atoms with Gasteiger partial charge in [-0.2, -0.15) is 13.2 Å². The SMILES string of the molecule is CN1CCN(CC(=O)NCc2ccc(C(=O)Nc3ccc(Cl)cc3N3CCN(CCC(F)(F)F)CC3)c(F)c2F)CC1. The van der Waals surface area contributed by atoms with Crippen LogP contribution in [0, 0.1) is 11.6 Å². The average Bonchev–Trinajstić information content (AvgIpc) is 2.95. The molecule has 2 saturated heterocycles. The van der Waals surface area contributed by atoms with Gasteiger partial charge in [-0.15, -0.1) is 0 Å². The van der Waals surface area contributed by atoms with Crippen LogP contribution >= 0.6 is 11.6 Å². The molecule has 0 saturated carbocycles. The van der Waals surface area contributed by atoms with Crippen molar-refractivity contribution in [2.45, 2.75) is 19.1 Å². The molecule has 0 radical (unpaired) electrons. The van der Waals surface area contributed by atoms with Crippen LogP contribution in [0.1, 0.15) is 22.3 Å². The molecule has 4 rings (SSSR count). The lowest BCUT2D eigenvalue weighted by Crippen LogP contribution is -2.48. The third-order valence-corrected chi connectivity index (χ3v) is 7.71. The number of amides is 2. The Morgan fingerprint density at radius 1 is 0.905 bits per heavy atom. The van der Waals surface area contributed by atoms with Crippen molar-refractivity contribution in [1.29, 1.82) is 0 Å². The summed E-state index contributed by atoms with van der Waals surface area (Å²) in [4.78, 5) is 33.0. The van der Waals surface area contributed by atoms with Gasteiger partial charge in [-0.25, -0.2) is 8.78 Å². The molecule has 0 spiro atoms. The van der Waals surface area contributed by atoms with Gasteiger partial charge in [0.2, 0.25) is 5.91 Å². The lowest BCUT2D eigenvalue weighted by molar-refractivity contribution is -0.138. The molecule has 2 aromatic carbocycles. The van der Waals surface area contributed by atoms with E-state index in [-0.39, 0.29) is 31.1 Å². The van der Waals surface area contributed by atoms with Crippen molar-refractivity contribution in [3.8, 4) is 0 Å². The van der Waals surface area contributed by atoms with E-state index in [9.17, 15) is 31.5 Å². The Hall–Kier alpha value is -3.00. The molecular weight excluding hydrogens is 583 g/mol. The number of rotatable bonds is 9. The van der Waals surface area contributed by atoms with Crippen molar-refractivity contribution >= 4 is 34.8 Å². The van der Waals surface area contributed by atoms with Crippen molar-refractivity contribution < 1.29 is 31.5 Å². The highest BCUT2D eigenvalue weighted by Gasteiger charge is 2.29. The Kier molecular flexibility index (Phi) is 10.6. The first-order valence-electron chi connectivity index (χ1n) is 13.7. The summed E-state index contributed by atoms with van der Waals surface area (Å²) in [7, 11) is 2.00. The minimum absolute atomic E-state index is 0.0913. The number of carbonyl (C=O) groups is 2. The lowest BCUT2D eigenvalue weighted by atomic mass is 10.1. The van der Waals surface area contributed by atoms with Crippen molar-refractivity contribution in [1.82, 2.24) is 20.0 Å². The quantitative estimate of drug-likeness (QED) is 0.418.